The van der Waals surface area contributed by atoms with Gasteiger partial charge >= 0.3 is 0 Å². The first-order valence-corrected chi connectivity index (χ1v) is 5.80. The molecule has 1 heterocycles. The number of aryl methyl sites for hydroxylation is 1. The first-order valence-electron chi connectivity index (χ1n) is 5.80. The van der Waals surface area contributed by atoms with Gasteiger partial charge in [-0.15, -0.1) is 0 Å². The molecule has 2 rings (SSSR count). The van der Waals surface area contributed by atoms with E-state index >= 15 is 0 Å². The van der Waals surface area contributed by atoms with E-state index in [-0.39, 0.29) is 6.10 Å². The molecule has 1 aliphatic heterocycles. The quantitative estimate of drug-likeness (QED) is 0.835. The van der Waals surface area contributed by atoms with Crippen molar-refractivity contribution >= 4 is 0 Å². The van der Waals surface area contributed by atoms with Gasteiger partial charge in [-0.3, -0.25) is 0 Å². The van der Waals surface area contributed by atoms with Gasteiger partial charge in [0.2, 0.25) is 0 Å². The molecule has 1 aromatic carbocycles. The second-order valence-electron chi connectivity index (χ2n) is 4.20. The highest BCUT2D eigenvalue weighted by molar-refractivity contribution is 5.21. The van der Waals surface area contributed by atoms with E-state index in [2.05, 4.69) is 36.5 Å². The summed E-state index contributed by atoms with van der Waals surface area (Å²) >= 11 is 0. The van der Waals surface area contributed by atoms with Crippen molar-refractivity contribution in [1.29, 1.82) is 0 Å². The standard InChI is InChI=1S/C13H19NO2/c1-11-3-2-4-12(7-11)9-15-10-13-8-14-5-6-16-13/h2-4,7,13-14H,5-6,8-10H2,1H3. The fourth-order valence-electron chi connectivity index (χ4n) is 1.84. The summed E-state index contributed by atoms with van der Waals surface area (Å²) in [4.78, 5) is 0. The third-order valence-corrected chi connectivity index (χ3v) is 2.66. The lowest BCUT2D eigenvalue weighted by Gasteiger charge is -2.23. The minimum absolute atomic E-state index is 0.207. The Balaban J connectivity index is 1.71. The lowest BCUT2D eigenvalue weighted by molar-refractivity contribution is -0.0357. The van der Waals surface area contributed by atoms with Crippen molar-refractivity contribution in [3.8, 4) is 0 Å². The fourth-order valence-corrected chi connectivity index (χ4v) is 1.84. The molecular weight excluding hydrogens is 202 g/mol. The predicted octanol–water partition coefficient (Wildman–Crippen LogP) is 1.50. The van der Waals surface area contributed by atoms with E-state index in [1.807, 2.05) is 0 Å². The molecule has 0 spiro atoms. The highest BCUT2D eigenvalue weighted by Gasteiger charge is 2.12. The summed E-state index contributed by atoms with van der Waals surface area (Å²) in [6, 6.07) is 8.40. The normalized spacial score (nSPS) is 20.9. The zero-order chi connectivity index (χ0) is 11.2. The summed E-state index contributed by atoms with van der Waals surface area (Å²) in [5.41, 5.74) is 2.50. The minimum atomic E-state index is 0.207. The summed E-state index contributed by atoms with van der Waals surface area (Å²) in [5, 5.41) is 3.29. The van der Waals surface area contributed by atoms with Gasteiger partial charge in [0.25, 0.3) is 0 Å². The van der Waals surface area contributed by atoms with E-state index < -0.39 is 0 Å². The molecule has 0 radical (unpaired) electrons. The van der Waals surface area contributed by atoms with E-state index in [1.165, 1.54) is 11.1 Å². The predicted molar refractivity (Wildman–Crippen MR) is 63.4 cm³/mol. The minimum Gasteiger partial charge on any atom is -0.374 e. The van der Waals surface area contributed by atoms with E-state index in [9.17, 15) is 0 Å². The maximum Gasteiger partial charge on any atom is 0.0933 e. The van der Waals surface area contributed by atoms with Crippen LogP contribution in [0.15, 0.2) is 24.3 Å². The van der Waals surface area contributed by atoms with Crippen LogP contribution in [0.1, 0.15) is 11.1 Å². The lowest BCUT2D eigenvalue weighted by Crippen LogP contribution is -2.40. The van der Waals surface area contributed by atoms with Crippen molar-refractivity contribution in [1.82, 2.24) is 5.32 Å². The Kier molecular flexibility index (Phi) is 4.34. The van der Waals surface area contributed by atoms with Crippen molar-refractivity contribution < 1.29 is 9.47 Å². The van der Waals surface area contributed by atoms with Gasteiger partial charge in [0.1, 0.15) is 0 Å². The maximum absolute atomic E-state index is 5.65. The molecular formula is C13H19NO2. The van der Waals surface area contributed by atoms with Crippen molar-refractivity contribution in [2.75, 3.05) is 26.3 Å². The van der Waals surface area contributed by atoms with Crippen LogP contribution in [0.2, 0.25) is 0 Å². The summed E-state index contributed by atoms with van der Waals surface area (Å²) in [6.07, 6.45) is 0.207. The molecule has 1 aliphatic rings. The van der Waals surface area contributed by atoms with Crippen molar-refractivity contribution in [3.63, 3.8) is 0 Å². The Morgan fingerprint density at radius 3 is 3.19 bits per heavy atom. The number of hydrogen-bond acceptors (Lipinski definition) is 3. The number of benzene rings is 1. The molecule has 1 atom stereocenters. The Bertz CT molecular complexity index is 321. The summed E-state index contributed by atoms with van der Waals surface area (Å²) in [7, 11) is 0. The molecule has 3 nitrogen and oxygen atoms in total. The number of nitrogens with one attached hydrogen (secondary N) is 1. The number of morpholine rings is 1. The summed E-state index contributed by atoms with van der Waals surface area (Å²) < 4.78 is 11.2. The Morgan fingerprint density at radius 2 is 2.44 bits per heavy atom. The molecule has 1 fully saturated rings. The zero-order valence-corrected chi connectivity index (χ0v) is 9.74. The van der Waals surface area contributed by atoms with Crippen molar-refractivity contribution in [2.24, 2.45) is 0 Å². The molecule has 0 aromatic heterocycles. The average Bonchev–Trinajstić information content (AvgIpc) is 2.30. The number of ether oxygens (including phenoxy) is 2. The molecule has 0 bridgehead atoms. The second kappa shape index (κ2) is 5.99. The van der Waals surface area contributed by atoms with Crippen LogP contribution in [-0.4, -0.2) is 32.4 Å². The highest BCUT2D eigenvalue weighted by Crippen LogP contribution is 2.06. The smallest absolute Gasteiger partial charge is 0.0933 e. The molecule has 1 unspecified atom stereocenters. The molecule has 0 aliphatic carbocycles. The van der Waals surface area contributed by atoms with Crippen molar-refractivity contribution in [3.05, 3.63) is 35.4 Å². The Morgan fingerprint density at radius 1 is 1.50 bits per heavy atom. The van der Waals surface area contributed by atoms with E-state index in [1.54, 1.807) is 0 Å². The van der Waals surface area contributed by atoms with Crippen LogP contribution in [0, 0.1) is 6.92 Å². The average molecular weight is 221 g/mol. The van der Waals surface area contributed by atoms with Crippen LogP contribution in [0.4, 0.5) is 0 Å². The van der Waals surface area contributed by atoms with E-state index in [0.717, 1.165) is 19.7 Å². The first kappa shape index (κ1) is 11.6. The largest absolute Gasteiger partial charge is 0.374 e. The number of hydrogen-bond donors (Lipinski definition) is 1. The number of rotatable bonds is 4. The molecule has 88 valence electrons. The van der Waals surface area contributed by atoms with Gasteiger partial charge in [0.15, 0.2) is 0 Å². The molecule has 3 heteroatoms. The third kappa shape index (κ3) is 3.59. The van der Waals surface area contributed by atoms with Gasteiger partial charge in [0.05, 0.1) is 25.9 Å². The summed E-state index contributed by atoms with van der Waals surface area (Å²) in [5.74, 6) is 0. The van der Waals surface area contributed by atoms with Crippen LogP contribution in [-0.2, 0) is 16.1 Å². The van der Waals surface area contributed by atoms with Gasteiger partial charge in [-0.25, -0.2) is 0 Å². The van der Waals surface area contributed by atoms with E-state index in [4.69, 9.17) is 9.47 Å². The van der Waals surface area contributed by atoms with Gasteiger partial charge in [-0.05, 0) is 12.5 Å². The molecule has 1 aromatic rings. The highest BCUT2D eigenvalue weighted by atomic mass is 16.5. The third-order valence-electron chi connectivity index (χ3n) is 2.66. The van der Waals surface area contributed by atoms with Crippen LogP contribution >= 0.6 is 0 Å². The molecule has 0 amide bonds. The SMILES string of the molecule is Cc1cccc(COCC2CNCCO2)c1. The zero-order valence-electron chi connectivity index (χ0n) is 9.74. The molecule has 0 saturated carbocycles. The van der Waals surface area contributed by atoms with Gasteiger partial charge in [0, 0.05) is 13.1 Å². The lowest BCUT2D eigenvalue weighted by atomic mass is 10.1. The molecule has 16 heavy (non-hydrogen) atoms. The monoisotopic (exact) mass is 221 g/mol. The van der Waals surface area contributed by atoms with Crippen LogP contribution in [0.5, 0.6) is 0 Å². The van der Waals surface area contributed by atoms with Crippen LogP contribution in [0.3, 0.4) is 0 Å². The topological polar surface area (TPSA) is 30.5 Å². The molecule has 1 N–H and O–H groups in total. The van der Waals surface area contributed by atoms with Gasteiger partial charge in [-0.2, -0.15) is 0 Å². The van der Waals surface area contributed by atoms with Crippen LogP contribution in [0.25, 0.3) is 0 Å². The van der Waals surface area contributed by atoms with Crippen molar-refractivity contribution in [2.45, 2.75) is 19.6 Å². The Labute approximate surface area is 96.8 Å². The summed E-state index contributed by atoms with van der Waals surface area (Å²) in [6.45, 7) is 6.07. The van der Waals surface area contributed by atoms with E-state index in [0.29, 0.717) is 13.2 Å². The van der Waals surface area contributed by atoms with Crippen LogP contribution < -0.4 is 5.32 Å². The van der Waals surface area contributed by atoms with Gasteiger partial charge in [-0.1, -0.05) is 29.8 Å². The fraction of sp³-hybridized carbons (Fsp3) is 0.538. The second-order valence-corrected chi connectivity index (χ2v) is 4.20. The first-order chi connectivity index (χ1) is 7.84. The molecule has 1 saturated heterocycles. The maximum atomic E-state index is 5.65. The Hall–Kier alpha value is -0.900. The van der Waals surface area contributed by atoms with Gasteiger partial charge < -0.3 is 14.8 Å².